The van der Waals surface area contributed by atoms with Crippen molar-refractivity contribution in [3.63, 3.8) is 0 Å². The summed E-state index contributed by atoms with van der Waals surface area (Å²) >= 11 is 0. The molecule has 1 amide bonds. The maximum atomic E-state index is 13.0. The molecule has 0 heterocycles. The van der Waals surface area contributed by atoms with Crippen LogP contribution in [0.25, 0.3) is 0 Å². The van der Waals surface area contributed by atoms with E-state index in [1.165, 1.54) is 128 Å². The number of carbonyl (C=O) groups is 1. The molecule has 3 N–H and O–H groups in total. The Hall–Kier alpha value is -3.10. The van der Waals surface area contributed by atoms with Crippen molar-refractivity contribution in [3.8, 4) is 0 Å². The standard InChI is InChI=1S/C66H115N2O6P/c1-6-8-10-12-14-16-18-20-21-22-23-24-25-26-27-28-29-30-31-32-33-34-35-36-37-38-39-40-41-42-43-44-45-46-47-48-50-52-54-56-58-60-66(70)67-64(63-74-75(71,72)73-62-61-68(3,4)5)65(69)59-57-55-53-51-49-19-17-15-13-11-9-7-2/h8,10,14,16,20-21,23-24,26-27,29-30,32-33,35-36,49,51,57,59,64-65,69H,6-7,9,11-13,15,17-19,22,25,28,31,34,37-48,50,52-56,58,60-63H2,1-5H3,(H-,67,70,71,72)/p+1/b10-8-,16-14-,21-20-,24-23-,27-26-,30-29-,33-32-,36-35-,51-49+,59-57+. The molecular weight excluding hydrogens is 948 g/mol. The molecule has 0 aliphatic heterocycles. The number of allylic oxidation sites excluding steroid dienone is 19. The largest absolute Gasteiger partial charge is 0.472 e. The Morgan fingerprint density at radius 1 is 0.467 bits per heavy atom. The van der Waals surface area contributed by atoms with Gasteiger partial charge in [0.1, 0.15) is 13.2 Å². The molecule has 0 aliphatic carbocycles. The molecule has 0 aromatic rings. The molecule has 0 bridgehead atoms. The summed E-state index contributed by atoms with van der Waals surface area (Å²) in [5.41, 5.74) is 0. The second-order valence-electron chi connectivity index (χ2n) is 21.3. The lowest BCUT2D eigenvalue weighted by atomic mass is 10.0. The van der Waals surface area contributed by atoms with Crippen molar-refractivity contribution in [3.05, 3.63) is 122 Å². The zero-order valence-corrected chi connectivity index (χ0v) is 49.9. The lowest BCUT2D eigenvalue weighted by molar-refractivity contribution is -0.870. The number of carbonyl (C=O) groups excluding carboxylic acids is 1. The molecule has 0 saturated heterocycles. The SMILES string of the molecule is CC/C=C\C/C=C\C/C=C\C/C=C\C/C=C\C/C=C\C/C=C\C/C=C\CCCCCCCCCCCCCCCCCCC(=O)NC(COP(=O)(O)OCC[N+](C)(C)C)C(O)/C=C/CC/C=C/CCCCCCCC. The van der Waals surface area contributed by atoms with Crippen LogP contribution in [0, 0.1) is 0 Å². The van der Waals surface area contributed by atoms with Crippen LogP contribution in [0.15, 0.2) is 122 Å². The third kappa shape index (κ3) is 58.4. The Labute approximate surface area is 463 Å². The van der Waals surface area contributed by atoms with Crippen LogP contribution >= 0.6 is 7.82 Å². The number of aliphatic hydroxyl groups excluding tert-OH is 1. The molecule has 0 spiro atoms. The summed E-state index contributed by atoms with van der Waals surface area (Å²) < 4.78 is 23.6. The Bertz CT molecular complexity index is 1630. The number of nitrogens with zero attached hydrogens (tertiary/aromatic N) is 1. The summed E-state index contributed by atoms with van der Waals surface area (Å²) in [6.45, 7) is 4.65. The summed E-state index contributed by atoms with van der Waals surface area (Å²) in [6, 6.07) is -0.868. The highest BCUT2D eigenvalue weighted by atomic mass is 31.2. The molecule has 0 rings (SSSR count). The zero-order valence-electron chi connectivity index (χ0n) is 49.0. The quantitative estimate of drug-likeness (QED) is 0.0243. The number of aliphatic hydroxyl groups is 1. The van der Waals surface area contributed by atoms with Gasteiger partial charge in [0.05, 0.1) is 39.9 Å². The van der Waals surface area contributed by atoms with E-state index in [9.17, 15) is 19.4 Å². The number of amides is 1. The smallest absolute Gasteiger partial charge is 0.387 e. The van der Waals surface area contributed by atoms with Crippen LogP contribution in [0.1, 0.15) is 239 Å². The number of likely N-dealkylation sites (N-methyl/N-ethyl adjacent to an activating group) is 1. The number of hydrogen-bond acceptors (Lipinski definition) is 5. The predicted molar refractivity (Wildman–Crippen MR) is 327 cm³/mol. The second-order valence-corrected chi connectivity index (χ2v) is 22.8. The van der Waals surface area contributed by atoms with E-state index in [4.69, 9.17) is 9.05 Å². The molecule has 0 saturated carbocycles. The van der Waals surface area contributed by atoms with E-state index in [0.29, 0.717) is 17.4 Å². The summed E-state index contributed by atoms with van der Waals surface area (Å²) in [5, 5.41) is 13.9. The Morgan fingerprint density at radius 3 is 1.23 bits per heavy atom. The van der Waals surface area contributed by atoms with E-state index in [1.54, 1.807) is 6.08 Å². The van der Waals surface area contributed by atoms with E-state index in [0.717, 1.165) is 89.9 Å². The third-order valence-electron chi connectivity index (χ3n) is 12.9. The molecule has 8 nitrogen and oxygen atoms in total. The maximum Gasteiger partial charge on any atom is 0.472 e. The summed E-state index contributed by atoms with van der Waals surface area (Å²) in [5.74, 6) is -0.191. The lowest BCUT2D eigenvalue weighted by Gasteiger charge is -2.25. The van der Waals surface area contributed by atoms with Crippen molar-refractivity contribution in [2.45, 2.75) is 251 Å². The highest BCUT2D eigenvalue weighted by Gasteiger charge is 2.27. The minimum atomic E-state index is -4.36. The molecule has 3 atom stereocenters. The second kappa shape index (κ2) is 55.6. The number of quaternary nitrogens is 1. The van der Waals surface area contributed by atoms with E-state index in [2.05, 4.69) is 129 Å². The Balaban J connectivity index is 3.98. The molecule has 9 heteroatoms. The summed E-state index contributed by atoms with van der Waals surface area (Å²) in [7, 11) is 1.55. The fourth-order valence-corrected chi connectivity index (χ4v) is 8.93. The van der Waals surface area contributed by atoms with E-state index < -0.39 is 20.0 Å². The van der Waals surface area contributed by atoms with Crippen LogP contribution < -0.4 is 5.32 Å². The first kappa shape index (κ1) is 71.9. The summed E-state index contributed by atoms with van der Waals surface area (Å²) in [4.78, 5) is 23.2. The molecule has 3 unspecified atom stereocenters. The number of hydrogen-bond donors (Lipinski definition) is 3. The molecule has 0 aliphatic rings. The monoisotopic (exact) mass is 1060 g/mol. The van der Waals surface area contributed by atoms with Crippen LogP contribution in [-0.4, -0.2) is 73.4 Å². The first-order chi connectivity index (χ1) is 36.5. The maximum absolute atomic E-state index is 13.0. The normalized spacial score (nSPS) is 14.7. The first-order valence-electron chi connectivity index (χ1n) is 30.4. The molecule has 0 aromatic heterocycles. The van der Waals surface area contributed by atoms with Crippen molar-refractivity contribution in [2.75, 3.05) is 40.9 Å². The summed E-state index contributed by atoms with van der Waals surface area (Å²) in [6.07, 6.45) is 83.3. The number of nitrogens with one attached hydrogen (secondary N) is 1. The highest BCUT2D eigenvalue weighted by molar-refractivity contribution is 7.47. The van der Waals surface area contributed by atoms with E-state index in [-0.39, 0.29) is 19.1 Å². The van der Waals surface area contributed by atoms with Gasteiger partial charge in [0.25, 0.3) is 0 Å². The van der Waals surface area contributed by atoms with Gasteiger partial charge in [-0.2, -0.15) is 0 Å². The fourth-order valence-electron chi connectivity index (χ4n) is 8.19. The minimum absolute atomic E-state index is 0.0523. The lowest BCUT2D eigenvalue weighted by Crippen LogP contribution is -2.45. The molecule has 430 valence electrons. The average molecular weight is 1060 g/mol. The van der Waals surface area contributed by atoms with Gasteiger partial charge in [-0.3, -0.25) is 13.8 Å². The number of phosphoric acid groups is 1. The molecular formula is C66H116N2O6P+. The third-order valence-corrected chi connectivity index (χ3v) is 13.9. The van der Waals surface area contributed by atoms with Gasteiger partial charge in [-0.1, -0.05) is 257 Å². The first-order valence-corrected chi connectivity index (χ1v) is 31.9. The van der Waals surface area contributed by atoms with E-state index in [1.807, 2.05) is 27.2 Å². The van der Waals surface area contributed by atoms with Crippen molar-refractivity contribution < 1.29 is 32.9 Å². The number of unbranched alkanes of at least 4 members (excludes halogenated alkanes) is 23. The van der Waals surface area contributed by atoms with Crippen LogP contribution in [0.5, 0.6) is 0 Å². The van der Waals surface area contributed by atoms with Crippen molar-refractivity contribution in [1.82, 2.24) is 5.32 Å². The topological polar surface area (TPSA) is 105 Å². The van der Waals surface area contributed by atoms with Gasteiger partial charge >= 0.3 is 7.82 Å². The average Bonchev–Trinajstić information content (AvgIpc) is 3.37. The molecule has 0 radical (unpaired) electrons. The van der Waals surface area contributed by atoms with Gasteiger partial charge < -0.3 is 19.8 Å². The Morgan fingerprint density at radius 2 is 0.813 bits per heavy atom. The van der Waals surface area contributed by atoms with Crippen LogP contribution in [0.4, 0.5) is 0 Å². The zero-order chi connectivity index (χ0) is 54.9. The predicted octanol–water partition coefficient (Wildman–Crippen LogP) is 18.9. The molecule has 75 heavy (non-hydrogen) atoms. The minimum Gasteiger partial charge on any atom is -0.387 e. The number of phosphoric ester groups is 1. The van der Waals surface area contributed by atoms with Gasteiger partial charge in [0, 0.05) is 6.42 Å². The fraction of sp³-hybridized carbons (Fsp3) is 0.682. The molecule has 0 fully saturated rings. The van der Waals surface area contributed by atoms with Gasteiger partial charge in [-0.15, -0.1) is 0 Å². The van der Waals surface area contributed by atoms with Crippen molar-refractivity contribution in [2.24, 2.45) is 0 Å². The number of rotatable bonds is 54. The van der Waals surface area contributed by atoms with Crippen molar-refractivity contribution in [1.29, 1.82) is 0 Å². The van der Waals surface area contributed by atoms with Gasteiger partial charge in [0.15, 0.2) is 0 Å². The van der Waals surface area contributed by atoms with Gasteiger partial charge in [-0.05, 0) is 96.3 Å². The van der Waals surface area contributed by atoms with Crippen LogP contribution in [0.2, 0.25) is 0 Å². The van der Waals surface area contributed by atoms with E-state index >= 15 is 0 Å². The highest BCUT2D eigenvalue weighted by Crippen LogP contribution is 2.43. The molecule has 0 aromatic carbocycles. The van der Waals surface area contributed by atoms with Crippen LogP contribution in [0.3, 0.4) is 0 Å². The van der Waals surface area contributed by atoms with Gasteiger partial charge in [0.2, 0.25) is 5.91 Å². The van der Waals surface area contributed by atoms with Crippen molar-refractivity contribution >= 4 is 13.7 Å². The van der Waals surface area contributed by atoms with Crippen LogP contribution in [-0.2, 0) is 18.4 Å². The Kier molecular flexibility index (Phi) is 53.3. The van der Waals surface area contributed by atoms with Gasteiger partial charge in [-0.25, -0.2) is 4.57 Å².